The second kappa shape index (κ2) is 6.90. The van der Waals surface area contributed by atoms with Crippen LogP contribution in [0.4, 0.5) is 0 Å². The molecule has 1 aromatic rings. The molecule has 0 bridgehead atoms. The molecule has 0 radical (unpaired) electrons. The summed E-state index contributed by atoms with van der Waals surface area (Å²) in [4.78, 5) is 6.73. The maximum atomic E-state index is 11.3. The van der Waals surface area contributed by atoms with Crippen LogP contribution in [0.25, 0.3) is 0 Å². The van der Waals surface area contributed by atoms with E-state index in [-0.39, 0.29) is 22.2 Å². The summed E-state index contributed by atoms with van der Waals surface area (Å²) >= 11 is 7.63. The van der Waals surface area contributed by atoms with Crippen molar-refractivity contribution in [2.45, 2.75) is 37.2 Å². The lowest BCUT2D eigenvalue weighted by molar-refractivity contribution is -0.0681. The third-order valence-corrected chi connectivity index (χ3v) is 5.54. The molecule has 0 aromatic heterocycles. The molecule has 3 nitrogen and oxygen atoms in total. The molecule has 1 N–H and O–H groups in total. The van der Waals surface area contributed by atoms with Crippen LogP contribution in [0.3, 0.4) is 0 Å². The monoisotopic (exact) mass is 390 g/mol. The quantitative estimate of drug-likeness (QED) is 0.785. The molecule has 0 amide bonds. The summed E-state index contributed by atoms with van der Waals surface area (Å²) in [6.45, 7) is 3.78. The number of aliphatic hydroxyl groups is 1. The maximum Gasteiger partial charge on any atom is 0.178 e. The van der Waals surface area contributed by atoms with Crippen LogP contribution >= 0.6 is 40.3 Å². The summed E-state index contributed by atoms with van der Waals surface area (Å²) in [5.41, 5.74) is -0.0847. The van der Waals surface area contributed by atoms with Gasteiger partial charge in [0.15, 0.2) is 10.9 Å². The Hall–Kier alpha value is -0.230. The van der Waals surface area contributed by atoms with E-state index in [0.717, 1.165) is 36.7 Å². The first kappa shape index (κ1) is 17.1. The van der Waals surface area contributed by atoms with Crippen molar-refractivity contribution < 1.29 is 5.11 Å². The molecule has 0 spiro atoms. The fourth-order valence-corrected chi connectivity index (χ4v) is 4.27. The molecule has 2 heterocycles. The number of halogens is 2. The van der Waals surface area contributed by atoms with E-state index in [1.54, 1.807) is 11.8 Å². The fourth-order valence-electron chi connectivity index (χ4n) is 2.88. The van der Waals surface area contributed by atoms with Crippen LogP contribution in [0, 0.1) is 0 Å². The molecule has 0 saturated carbocycles. The molecule has 116 valence electrons. The summed E-state index contributed by atoms with van der Waals surface area (Å²) < 4.78 is 0. The van der Waals surface area contributed by atoms with E-state index in [4.69, 9.17) is 11.6 Å². The van der Waals surface area contributed by atoms with Gasteiger partial charge in [-0.3, -0.25) is 4.99 Å². The molecular formula is C15H20BrClN2OS. The molecule has 1 saturated heterocycles. The Balaban J connectivity index is 0.00000161. The standard InChI is InChI=1S/C15H19ClN2OS.BrH/c1-11-15(19,12-5-7-13(16)8-6-12)18-10-4-2-3-9-17-14(18)20-11;/h5-8,11,19H,2-4,9-10H2,1H3;1H/b17-14+;. The van der Waals surface area contributed by atoms with E-state index in [2.05, 4.69) is 16.8 Å². The van der Waals surface area contributed by atoms with E-state index in [1.165, 1.54) is 6.42 Å². The summed E-state index contributed by atoms with van der Waals surface area (Å²) in [5, 5.41) is 13.0. The number of hydrogen-bond acceptors (Lipinski definition) is 4. The van der Waals surface area contributed by atoms with Gasteiger partial charge in [0.1, 0.15) is 0 Å². The first-order valence-corrected chi connectivity index (χ1v) is 8.35. The van der Waals surface area contributed by atoms with Crippen molar-refractivity contribution in [3.8, 4) is 0 Å². The average molecular weight is 392 g/mol. The van der Waals surface area contributed by atoms with Crippen molar-refractivity contribution in [1.29, 1.82) is 0 Å². The zero-order chi connectivity index (χ0) is 14.2. The predicted molar refractivity (Wildman–Crippen MR) is 95.6 cm³/mol. The SMILES string of the molecule is Br.CC1S/C2=N/CCCCCN2C1(O)c1ccc(Cl)cc1. The van der Waals surface area contributed by atoms with Crippen LogP contribution in [0.2, 0.25) is 5.02 Å². The summed E-state index contributed by atoms with van der Waals surface area (Å²) in [6.07, 6.45) is 3.41. The van der Waals surface area contributed by atoms with Gasteiger partial charge in [-0.2, -0.15) is 0 Å². The van der Waals surface area contributed by atoms with Gasteiger partial charge in [-0.15, -0.1) is 17.0 Å². The van der Waals surface area contributed by atoms with Gasteiger partial charge >= 0.3 is 0 Å². The highest BCUT2D eigenvalue weighted by atomic mass is 79.9. The first-order valence-electron chi connectivity index (χ1n) is 7.09. The first-order chi connectivity index (χ1) is 9.62. The Morgan fingerprint density at radius 2 is 2.00 bits per heavy atom. The van der Waals surface area contributed by atoms with Gasteiger partial charge in [-0.1, -0.05) is 35.5 Å². The molecule has 0 aliphatic carbocycles. The topological polar surface area (TPSA) is 35.8 Å². The lowest BCUT2D eigenvalue weighted by Crippen LogP contribution is -2.48. The van der Waals surface area contributed by atoms with Crippen LogP contribution in [-0.2, 0) is 5.72 Å². The minimum Gasteiger partial charge on any atom is -0.366 e. The minimum absolute atomic E-state index is 0. The lowest BCUT2D eigenvalue weighted by atomic mass is 9.97. The molecule has 2 unspecified atom stereocenters. The van der Waals surface area contributed by atoms with E-state index < -0.39 is 5.72 Å². The van der Waals surface area contributed by atoms with Crippen LogP contribution in [0.1, 0.15) is 31.7 Å². The van der Waals surface area contributed by atoms with Crippen molar-refractivity contribution in [3.05, 3.63) is 34.9 Å². The molecule has 1 fully saturated rings. The van der Waals surface area contributed by atoms with Crippen molar-refractivity contribution in [2.24, 2.45) is 4.99 Å². The molecule has 2 atom stereocenters. The van der Waals surface area contributed by atoms with Gasteiger partial charge < -0.3 is 10.0 Å². The van der Waals surface area contributed by atoms with Crippen LogP contribution in [0.15, 0.2) is 29.3 Å². The molecule has 6 heteroatoms. The van der Waals surface area contributed by atoms with Crippen molar-refractivity contribution in [1.82, 2.24) is 4.90 Å². The number of nitrogens with zero attached hydrogens (tertiary/aromatic N) is 2. The summed E-state index contributed by atoms with van der Waals surface area (Å²) in [6, 6.07) is 7.51. The molecule has 21 heavy (non-hydrogen) atoms. The maximum absolute atomic E-state index is 11.3. The Morgan fingerprint density at radius 3 is 2.71 bits per heavy atom. The average Bonchev–Trinajstić information content (AvgIpc) is 2.63. The fraction of sp³-hybridized carbons (Fsp3) is 0.533. The molecule has 3 rings (SSSR count). The molecule has 1 aromatic carbocycles. The number of amidine groups is 1. The molecular weight excluding hydrogens is 372 g/mol. The van der Waals surface area contributed by atoms with Gasteiger partial charge in [-0.05, 0) is 38.3 Å². The highest BCUT2D eigenvalue weighted by Gasteiger charge is 2.50. The van der Waals surface area contributed by atoms with Crippen molar-refractivity contribution in [2.75, 3.05) is 13.1 Å². The summed E-state index contributed by atoms with van der Waals surface area (Å²) in [5.74, 6) is 0. The Labute approximate surface area is 145 Å². The second-order valence-electron chi connectivity index (χ2n) is 5.37. The molecule has 2 aliphatic heterocycles. The zero-order valence-electron chi connectivity index (χ0n) is 12.0. The number of aliphatic imine (C=N–C) groups is 1. The highest BCUT2D eigenvalue weighted by molar-refractivity contribution is 8.93. The normalized spacial score (nSPS) is 31.5. The summed E-state index contributed by atoms with van der Waals surface area (Å²) in [7, 11) is 0. The van der Waals surface area contributed by atoms with Gasteiger partial charge in [0, 0.05) is 23.7 Å². The van der Waals surface area contributed by atoms with Crippen LogP contribution in [-0.4, -0.2) is 33.5 Å². The second-order valence-corrected chi connectivity index (χ2v) is 7.11. The number of hydrogen-bond donors (Lipinski definition) is 1. The zero-order valence-corrected chi connectivity index (χ0v) is 15.2. The smallest absolute Gasteiger partial charge is 0.178 e. The van der Waals surface area contributed by atoms with Gasteiger partial charge in [0.2, 0.25) is 0 Å². The number of fused-ring (bicyclic) bond motifs is 1. The highest BCUT2D eigenvalue weighted by Crippen LogP contribution is 2.45. The number of thioether (sulfide) groups is 1. The lowest BCUT2D eigenvalue weighted by Gasteiger charge is -2.37. The Bertz CT molecular complexity index is 525. The van der Waals surface area contributed by atoms with Gasteiger partial charge in [0.25, 0.3) is 0 Å². The Kier molecular flexibility index (Phi) is 5.63. The minimum atomic E-state index is -0.981. The third-order valence-electron chi connectivity index (χ3n) is 4.05. The van der Waals surface area contributed by atoms with E-state index in [1.807, 2.05) is 24.3 Å². The number of benzene rings is 1. The third kappa shape index (κ3) is 3.11. The van der Waals surface area contributed by atoms with Crippen molar-refractivity contribution >= 4 is 45.5 Å². The largest absolute Gasteiger partial charge is 0.366 e. The van der Waals surface area contributed by atoms with Crippen LogP contribution in [0.5, 0.6) is 0 Å². The number of rotatable bonds is 1. The van der Waals surface area contributed by atoms with E-state index in [0.29, 0.717) is 5.02 Å². The van der Waals surface area contributed by atoms with Gasteiger partial charge in [-0.25, -0.2) is 0 Å². The van der Waals surface area contributed by atoms with Crippen molar-refractivity contribution in [3.63, 3.8) is 0 Å². The van der Waals surface area contributed by atoms with E-state index in [9.17, 15) is 5.11 Å². The van der Waals surface area contributed by atoms with E-state index >= 15 is 0 Å². The predicted octanol–water partition coefficient (Wildman–Crippen LogP) is 4.04. The Morgan fingerprint density at radius 1 is 1.29 bits per heavy atom. The van der Waals surface area contributed by atoms with Crippen LogP contribution < -0.4 is 0 Å². The molecule has 2 aliphatic rings. The van der Waals surface area contributed by atoms with Gasteiger partial charge in [0.05, 0.1) is 5.25 Å².